The van der Waals surface area contributed by atoms with Crippen LogP contribution in [0.2, 0.25) is 0 Å². The van der Waals surface area contributed by atoms with Crippen LogP contribution in [0.3, 0.4) is 0 Å². The van der Waals surface area contributed by atoms with Crippen molar-refractivity contribution >= 4 is 43.2 Å². The molecule has 2 aromatic carbocycles. The van der Waals surface area contributed by atoms with Crippen molar-refractivity contribution in [1.29, 1.82) is 0 Å². The van der Waals surface area contributed by atoms with E-state index in [2.05, 4.69) is 20.7 Å². The van der Waals surface area contributed by atoms with Crippen molar-refractivity contribution < 1.29 is 13.2 Å². The number of nitrogens with zero attached hydrogens (tertiary/aromatic N) is 1. The summed E-state index contributed by atoms with van der Waals surface area (Å²) in [6, 6.07) is 15.1. The molecule has 0 aliphatic carbocycles. The summed E-state index contributed by atoms with van der Waals surface area (Å²) in [6.45, 7) is 0.513. The molecular formula is C17H17BrN2O3S. The third-order valence-corrected chi connectivity index (χ3v) is 6.52. The van der Waals surface area contributed by atoms with Gasteiger partial charge in [0.2, 0.25) is 15.9 Å². The van der Waals surface area contributed by atoms with Gasteiger partial charge < -0.3 is 4.90 Å². The molecule has 0 bridgehead atoms. The first kappa shape index (κ1) is 17.0. The van der Waals surface area contributed by atoms with Crippen molar-refractivity contribution in [1.82, 2.24) is 0 Å². The molecule has 7 heteroatoms. The van der Waals surface area contributed by atoms with Gasteiger partial charge in [0.05, 0.1) is 6.54 Å². The van der Waals surface area contributed by atoms with Gasteiger partial charge in [0.1, 0.15) is 4.66 Å². The van der Waals surface area contributed by atoms with Crippen LogP contribution in [0.5, 0.6) is 0 Å². The number of nitrogens with one attached hydrogen (secondary N) is 1. The Labute approximate surface area is 149 Å². The zero-order chi connectivity index (χ0) is 17.2. The van der Waals surface area contributed by atoms with E-state index in [0.29, 0.717) is 25.1 Å². The molecule has 2 aromatic rings. The minimum absolute atomic E-state index is 0.0835. The van der Waals surface area contributed by atoms with E-state index in [1.807, 2.05) is 30.3 Å². The van der Waals surface area contributed by atoms with Crippen LogP contribution in [0.25, 0.3) is 0 Å². The minimum Gasteiger partial charge on any atom is -0.308 e. The van der Waals surface area contributed by atoms with Gasteiger partial charge in [-0.15, -0.1) is 0 Å². The molecule has 0 atom stereocenters. The van der Waals surface area contributed by atoms with E-state index in [-0.39, 0.29) is 10.6 Å². The number of rotatable bonds is 5. The molecule has 24 heavy (non-hydrogen) atoms. The summed E-state index contributed by atoms with van der Waals surface area (Å²) in [5, 5.41) is 0. The highest BCUT2D eigenvalue weighted by atomic mass is 79.9. The predicted molar refractivity (Wildman–Crippen MR) is 98.7 cm³/mol. The van der Waals surface area contributed by atoms with Gasteiger partial charge in [-0.1, -0.05) is 46.3 Å². The van der Waals surface area contributed by atoms with Gasteiger partial charge >= 0.3 is 0 Å². The van der Waals surface area contributed by atoms with Gasteiger partial charge in [-0.05, 0) is 35.7 Å². The summed E-state index contributed by atoms with van der Waals surface area (Å²) < 4.78 is 25.7. The number of benzene rings is 2. The van der Waals surface area contributed by atoms with E-state index in [1.165, 1.54) is 0 Å². The van der Waals surface area contributed by atoms with Crippen LogP contribution in [0.4, 0.5) is 11.4 Å². The van der Waals surface area contributed by atoms with Crippen LogP contribution in [-0.2, 0) is 27.8 Å². The molecule has 1 aliphatic rings. The van der Waals surface area contributed by atoms with Gasteiger partial charge in [0.25, 0.3) is 0 Å². The van der Waals surface area contributed by atoms with Crippen molar-refractivity contribution in [3.63, 3.8) is 0 Å². The van der Waals surface area contributed by atoms with Crippen molar-refractivity contribution in [2.75, 3.05) is 14.3 Å². The molecule has 5 nitrogen and oxygen atoms in total. The normalized spacial score (nSPS) is 14.4. The highest BCUT2D eigenvalue weighted by Gasteiger charge is 2.24. The predicted octanol–water partition coefficient (Wildman–Crippen LogP) is 3.26. The fraction of sp³-hybridized carbons (Fsp3) is 0.235. The standard InChI is InChI=1S/C17H17BrN2O3S/c18-12-24(22,23)19-15-7-8-16-14(10-15)6-9-17(21)20(16)11-13-4-2-1-3-5-13/h1-5,7-8,10,19H,6,9,11-12H2. The Kier molecular flexibility index (Phi) is 4.91. The second-order valence-electron chi connectivity index (χ2n) is 5.63. The second kappa shape index (κ2) is 6.94. The Bertz CT molecular complexity index is 853. The van der Waals surface area contributed by atoms with E-state index in [4.69, 9.17) is 0 Å². The molecule has 0 aromatic heterocycles. The maximum Gasteiger partial charge on any atom is 0.242 e. The lowest BCUT2D eigenvalue weighted by atomic mass is 10.00. The molecule has 1 aliphatic heterocycles. The molecule has 0 radical (unpaired) electrons. The lowest BCUT2D eigenvalue weighted by Crippen LogP contribution is -2.34. The van der Waals surface area contributed by atoms with E-state index in [1.54, 1.807) is 23.1 Å². The fourth-order valence-corrected chi connectivity index (χ4v) is 3.65. The van der Waals surface area contributed by atoms with Crippen LogP contribution < -0.4 is 9.62 Å². The molecule has 1 N–H and O–H groups in total. The van der Waals surface area contributed by atoms with Crippen LogP contribution >= 0.6 is 15.9 Å². The van der Waals surface area contributed by atoms with Crippen molar-refractivity contribution in [3.8, 4) is 0 Å². The quantitative estimate of drug-likeness (QED) is 0.771. The first-order chi connectivity index (χ1) is 11.5. The summed E-state index contributed by atoms with van der Waals surface area (Å²) in [5.41, 5.74) is 3.39. The van der Waals surface area contributed by atoms with Gasteiger partial charge in [0.15, 0.2) is 0 Å². The lowest BCUT2D eigenvalue weighted by Gasteiger charge is -2.30. The number of amides is 1. The Hall–Kier alpha value is -1.86. The van der Waals surface area contributed by atoms with Gasteiger partial charge in [0, 0.05) is 17.8 Å². The summed E-state index contributed by atoms with van der Waals surface area (Å²) in [5.74, 6) is 0.0835. The number of carbonyl (C=O) groups excluding carboxylic acids is 1. The number of aryl methyl sites for hydroxylation is 1. The number of fused-ring (bicyclic) bond motifs is 1. The van der Waals surface area contributed by atoms with Crippen LogP contribution in [0, 0.1) is 0 Å². The van der Waals surface area contributed by atoms with Crippen LogP contribution in [0.1, 0.15) is 17.5 Å². The Balaban J connectivity index is 1.89. The van der Waals surface area contributed by atoms with E-state index >= 15 is 0 Å². The molecule has 0 saturated carbocycles. The first-order valence-electron chi connectivity index (χ1n) is 7.52. The summed E-state index contributed by atoms with van der Waals surface area (Å²) in [6.07, 6.45) is 1.04. The summed E-state index contributed by atoms with van der Waals surface area (Å²) in [7, 11) is -3.39. The average Bonchev–Trinajstić information content (AvgIpc) is 2.58. The van der Waals surface area contributed by atoms with Gasteiger partial charge in [-0.25, -0.2) is 8.42 Å². The number of sulfonamides is 1. The summed E-state index contributed by atoms with van der Waals surface area (Å²) >= 11 is 2.95. The summed E-state index contributed by atoms with van der Waals surface area (Å²) in [4.78, 5) is 14.1. The number of hydrogen-bond donors (Lipinski definition) is 1. The minimum atomic E-state index is -3.39. The monoisotopic (exact) mass is 408 g/mol. The molecule has 1 heterocycles. The number of halogens is 1. The molecule has 0 fully saturated rings. The number of carbonyl (C=O) groups is 1. The van der Waals surface area contributed by atoms with E-state index < -0.39 is 10.0 Å². The van der Waals surface area contributed by atoms with Crippen LogP contribution in [0.15, 0.2) is 48.5 Å². The largest absolute Gasteiger partial charge is 0.308 e. The number of anilines is 2. The maximum absolute atomic E-state index is 12.3. The first-order valence-corrected chi connectivity index (χ1v) is 10.3. The third kappa shape index (κ3) is 3.79. The number of hydrogen-bond acceptors (Lipinski definition) is 3. The molecular weight excluding hydrogens is 392 g/mol. The zero-order valence-electron chi connectivity index (χ0n) is 12.9. The highest BCUT2D eigenvalue weighted by Crippen LogP contribution is 2.31. The van der Waals surface area contributed by atoms with Crippen molar-refractivity contribution in [2.24, 2.45) is 0 Å². The SMILES string of the molecule is O=C1CCc2cc(NS(=O)(=O)CBr)ccc2N1Cc1ccccc1. The zero-order valence-corrected chi connectivity index (χ0v) is 15.3. The maximum atomic E-state index is 12.3. The average molecular weight is 409 g/mol. The van der Waals surface area contributed by atoms with Crippen molar-refractivity contribution in [3.05, 3.63) is 59.7 Å². The van der Waals surface area contributed by atoms with Crippen LogP contribution in [-0.4, -0.2) is 19.0 Å². The van der Waals surface area contributed by atoms with Gasteiger partial charge in [-0.3, -0.25) is 9.52 Å². The lowest BCUT2D eigenvalue weighted by molar-refractivity contribution is -0.119. The smallest absolute Gasteiger partial charge is 0.242 e. The Morgan fingerprint density at radius 2 is 1.83 bits per heavy atom. The Morgan fingerprint density at radius 1 is 1.08 bits per heavy atom. The molecule has 1 amide bonds. The molecule has 0 unspecified atom stereocenters. The second-order valence-corrected chi connectivity index (χ2v) is 8.66. The van der Waals surface area contributed by atoms with E-state index in [0.717, 1.165) is 16.8 Å². The van der Waals surface area contributed by atoms with Gasteiger partial charge in [-0.2, -0.15) is 0 Å². The molecule has 0 saturated heterocycles. The topological polar surface area (TPSA) is 66.5 Å². The highest BCUT2D eigenvalue weighted by molar-refractivity contribution is 9.10. The van der Waals surface area contributed by atoms with Crippen molar-refractivity contribution in [2.45, 2.75) is 19.4 Å². The Morgan fingerprint density at radius 3 is 2.54 bits per heavy atom. The molecule has 0 spiro atoms. The molecule has 3 rings (SSSR count). The fourth-order valence-electron chi connectivity index (χ4n) is 2.77. The third-order valence-electron chi connectivity index (χ3n) is 3.88. The number of alkyl halides is 1. The van der Waals surface area contributed by atoms with E-state index in [9.17, 15) is 13.2 Å². The molecule has 126 valence electrons.